The van der Waals surface area contributed by atoms with E-state index in [1.165, 1.54) is 0 Å². The molecular weight excluding hydrogens is 329 g/mol. The van der Waals surface area contributed by atoms with E-state index in [1.807, 2.05) is 25.1 Å². The number of benzene rings is 1. The Morgan fingerprint density at radius 3 is 2.64 bits per heavy atom. The second kappa shape index (κ2) is 3.80. The number of pyridine rings is 1. The van der Waals surface area contributed by atoms with Crippen molar-refractivity contribution in [2.45, 2.75) is 6.92 Å². The van der Waals surface area contributed by atoms with Gasteiger partial charge in [0.2, 0.25) is 0 Å². The summed E-state index contributed by atoms with van der Waals surface area (Å²) in [4.78, 5) is 4.31. The molecule has 0 atom stereocenters. The average Bonchev–Trinajstić information content (AvgIpc) is 2.08. The highest BCUT2D eigenvalue weighted by Crippen LogP contribution is 2.29. The fourth-order valence-corrected chi connectivity index (χ4v) is 2.78. The summed E-state index contributed by atoms with van der Waals surface area (Å²) in [6, 6.07) is 6.01. The number of hydrogen-bond acceptors (Lipinski definition) is 1. The Balaban J connectivity index is 2.89. The Hall–Kier alpha value is -0.120. The summed E-state index contributed by atoms with van der Waals surface area (Å²) in [6.07, 6.45) is 0. The van der Waals surface area contributed by atoms with Crippen LogP contribution < -0.4 is 0 Å². The molecule has 0 radical (unpaired) electrons. The van der Waals surface area contributed by atoms with Gasteiger partial charge in [0.15, 0.2) is 0 Å². The second-order valence-corrected chi connectivity index (χ2v) is 5.18. The van der Waals surface area contributed by atoms with Crippen molar-refractivity contribution in [1.82, 2.24) is 4.98 Å². The van der Waals surface area contributed by atoms with Crippen molar-refractivity contribution in [3.8, 4) is 0 Å². The van der Waals surface area contributed by atoms with Crippen LogP contribution in [0.3, 0.4) is 0 Å². The van der Waals surface area contributed by atoms with E-state index < -0.39 is 0 Å². The quantitative estimate of drug-likeness (QED) is 0.635. The lowest BCUT2D eigenvalue weighted by atomic mass is 10.2. The third kappa shape index (κ3) is 1.81. The van der Waals surface area contributed by atoms with Gasteiger partial charge in [-0.15, -0.1) is 0 Å². The number of aromatic nitrogens is 1. The van der Waals surface area contributed by atoms with Crippen molar-refractivity contribution in [2.24, 2.45) is 0 Å². The van der Waals surface area contributed by atoms with Gasteiger partial charge in [0.1, 0.15) is 5.15 Å². The zero-order valence-electron chi connectivity index (χ0n) is 7.31. The van der Waals surface area contributed by atoms with Crippen LogP contribution in [-0.4, -0.2) is 4.98 Å². The first-order chi connectivity index (χ1) is 6.58. The van der Waals surface area contributed by atoms with Gasteiger partial charge in [-0.25, -0.2) is 4.98 Å². The molecule has 1 heterocycles. The van der Waals surface area contributed by atoms with Gasteiger partial charge in [-0.3, -0.25) is 0 Å². The molecule has 0 saturated carbocycles. The largest absolute Gasteiger partial charge is 0.235 e. The summed E-state index contributed by atoms with van der Waals surface area (Å²) in [5.74, 6) is 0. The fraction of sp³-hybridized carbons (Fsp3) is 0.100. The minimum Gasteiger partial charge on any atom is -0.235 e. The van der Waals surface area contributed by atoms with Gasteiger partial charge in [0, 0.05) is 14.3 Å². The summed E-state index contributed by atoms with van der Waals surface area (Å²) in [6.45, 7) is 1.95. The first-order valence-electron chi connectivity index (χ1n) is 4.00. The predicted molar refractivity (Wildman–Crippen MR) is 66.9 cm³/mol. The molecule has 0 N–H and O–H groups in total. The molecule has 2 aromatic rings. The summed E-state index contributed by atoms with van der Waals surface area (Å²) < 4.78 is 1.98. The van der Waals surface area contributed by atoms with E-state index in [9.17, 15) is 0 Å². The van der Waals surface area contributed by atoms with E-state index in [-0.39, 0.29) is 0 Å². The van der Waals surface area contributed by atoms with Gasteiger partial charge >= 0.3 is 0 Å². The summed E-state index contributed by atoms with van der Waals surface area (Å²) in [5.41, 5.74) is 1.88. The number of halogens is 3. The molecule has 0 unspecified atom stereocenters. The van der Waals surface area contributed by atoms with Crippen LogP contribution in [0.25, 0.3) is 10.9 Å². The van der Waals surface area contributed by atoms with Crippen LogP contribution in [0.1, 0.15) is 5.56 Å². The zero-order chi connectivity index (χ0) is 10.3. The van der Waals surface area contributed by atoms with Gasteiger partial charge in [0.25, 0.3) is 0 Å². The SMILES string of the molecule is Cc1cc2cc(Br)cc(Br)c2nc1Cl. The molecule has 0 aliphatic rings. The van der Waals surface area contributed by atoms with Crippen molar-refractivity contribution >= 4 is 54.4 Å². The number of nitrogens with zero attached hydrogens (tertiary/aromatic N) is 1. The number of fused-ring (bicyclic) bond motifs is 1. The molecule has 0 saturated heterocycles. The molecule has 0 aliphatic heterocycles. The monoisotopic (exact) mass is 333 g/mol. The molecule has 4 heteroatoms. The van der Waals surface area contributed by atoms with Crippen LogP contribution in [0.15, 0.2) is 27.1 Å². The van der Waals surface area contributed by atoms with Gasteiger partial charge in [-0.2, -0.15) is 0 Å². The predicted octanol–water partition coefficient (Wildman–Crippen LogP) is 4.72. The Labute approximate surface area is 104 Å². The van der Waals surface area contributed by atoms with Crippen LogP contribution in [0.2, 0.25) is 5.15 Å². The van der Waals surface area contributed by atoms with Crippen LogP contribution in [0.5, 0.6) is 0 Å². The third-order valence-electron chi connectivity index (χ3n) is 1.97. The highest BCUT2D eigenvalue weighted by atomic mass is 79.9. The molecule has 14 heavy (non-hydrogen) atoms. The number of rotatable bonds is 0. The smallest absolute Gasteiger partial charge is 0.132 e. The first kappa shape index (κ1) is 10.4. The standard InChI is InChI=1S/C10H6Br2ClN/c1-5-2-6-3-7(11)4-8(12)9(6)14-10(5)13/h2-4H,1H3. The maximum absolute atomic E-state index is 5.96. The van der Waals surface area contributed by atoms with Crippen molar-refractivity contribution in [3.05, 3.63) is 37.9 Å². The molecular formula is C10H6Br2ClN. The Morgan fingerprint density at radius 2 is 1.93 bits per heavy atom. The Kier molecular flexibility index (Phi) is 2.82. The van der Waals surface area contributed by atoms with E-state index in [0.717, 1.165) is 25.4 Å². The van der Waals surface area contributed by atoms with E-state index in [0.29, 0.717) is 5.15 Å². The van der Waals surface area contributed by atoms with E-state index >= 15 is 0 Å². The minimum absolute atomic E-state index is 0.556. The van der Waals surface area contributed by atoms with Gasteiger partial charge < -0.3 is 0 Å². The van der Waals surface area contributed by atoms with Crippen LogP contribution in [-0.2, 0) is 0 Å². The van der Waals surface area contributed by atoms with Crippen molar-refractivity contribution in [3.63, 3.8) is 0 Å². The van der Waals surface area contributed by atoms with Crippen LogP contribution >= 0.6 is 43.5 Å². The lowest BCUT2D eigenvalue weighted by Gasteiger charge is -2.04. The van der Waals surface area contributed by atoms with Gasteiger partial charge in [-0.1, -0.05) is 27.5 Å². The molecule has 72 valence electrons. The van der Waals surface area contributed by atoms with Crippen molar-refractivity contribution in [2.75, 3.05) is 0 Å². The molecule has 0 spiro atoms. The Bertz CT molecular complexity index is 511. The molecule has 0 aliphatic carbocycles. The first-order valence-corrected chi connectivity index (χ1v) is 5.96. The van der Waals surface area contributed by atoms with Crippen LogP contribution in [0, 0.1) is 6.92 Å². The lowest BCUT2D eigenvalue weighted by Crippen LogP contribution is -1.85. The van der Waals surface area contributed by atoms with Gasteiger partial charge in [0.05, 0.1) is 5.52 Å². The van der Waals surface area contributed by atoms with Crippen molar-refractivity contribution < 1.29 is 0 Å². The second-order valence-electron chi connectivity index (χ2n) is 3.06. The number of aryl methyl sites for hydroxylation is 1. The molecule has 1 nitrogen and oxygen atoms in total. The fourth-order valence-electron chi connectivity index (χ4n) is 1.29. The molecule has 0 amide bonds. The topological polar surface area (TPSA) is 12.9 Å². The maximum Gasteiger partial charge on any atom is 0.132 e. The third-order valence-corrected chi connectivity index (χ3v) is 3.41. The van der Waals surface area contributed by atoms with Gasteiger partial charge in [-0.05, 0) is 46.6 Å². The normalized spacial score (nSPS) is 10.9. The minimum atomic E-state index is 0.556. The molecule has 1 aromatic carbocycles. The van der Waals surface area contributed by atoms with Crippen molar-refractivity contribution in [1.29, 1.82) is 0 Å². The maximum atomic E-state index is 5.96. The summed E-state index contributed by atoms with van der Waals surface area (Å²) in [7, 11) is 0. The molecule has 1 aromatic heterocycles. The van der Waals surface area contributed by atoms with E-state index in [4.69, 9.17) is 11.6 Å². The number of hydrogen-bond donors (Lipinski definition) is 0. The van der Waals surface area contributed by atoms with E-state index in [1.54, 1.807) is 0 Å². The molecule has 2 rings (SSSR count). The molecule has 0 bridgehead atoms. The highest BCUT2D eigenvalue weighted by molar-refractivity contribution is 9.11. The summed E-state index contributed by atoms with van der Waals surface area (Å²) >= 11 is 12.8. The average molecular weight is 335 g/mol. The zero-order valence-corrected chi connectivity index (χ0v) is 11.2. The van der Waals surface area contributed by atoms with Crippen LogP contribution in [0.4, 0.5) is 0 Å². The highest BCUT2D eigenvalue weighted by Gasteiger charge is 2.05. The lowest BCUT2D eigenvalue weighted by molar-refractivity contribution is 1.32. The van der Waals surface area contributed by atoms with E-state index in [2.05, 4.69) is 36.8 Å². The summed E-state index contributed by atoms with van der Waals surface area (Å²) in [5, 5.41) is 1.63. The Morgan fingerprint density at radius 1 is 1.21 bits per heavy atom. The molecule has 0 fully saturated rings.